The summed E-state index contributed by atoms with van der Waals surface area (Å²) >= 11 is 6.78. The summed E-state index contributed by atoms with van der Waals surface area (Å²) in [6, 6.07) is 3.15. The van der Waals surface area contributed by atoms with Crippen LogP contribution in [0.2, 0.25) is 0 Å². The molecule has 0 amide bonds. The lowest BCUT2D eigenvalue weighted by atomic mass is 10.2. The van der Waals surface area contributed by atoms with Crippen molar-refractivity contribution in [1.29, 1.82) is 0 Å². The molecule has 2 rings (SSSR count). The Morgan fingerprint density at radius 2 is 2.33 bits per heavy atom. The average Bonchev–Trinajstić information content (AvgIpc) is 2.71. The van der Waals surface area contributed by atoms with Gasteiger partial charge in [0.15, 0.2) is 0 Å². The van der Waals surface area contributed by atoms with Gasteiger partial charge in [-0.15, -0.1) is 11.3 Å². The van der Waals surface area contributed by atoms with Gasteiger partial charge < -0.3 is 0 Å². The van der Waals surface area contributed by atoms with Gasteiger partial charge in [-0.05, 0) is 41.6 Å². The summed E-state index contributed by atoms with van der Waals surface area (Å²) in [5, 5.41) is 6.67. The molecule has 0 aliphatic rings. The molecular formula is C11H8BrFIN3S. The van der Waals surface area contributed by atoms with E-state index in [-0.39, 0.29) is 5.82 Å². The number of nitrogens with one attached hydrogen (secondary N) is 1. The maximum absolute atomic E-state index is 13.4. The fourth-order valence-corrected chi connectivity index (χ4v) is 3.18. The molecule has 0 saturated carbocycles. The third-order valence-corrected chi connectivity index (χ3v) is 4.40. The molecule has 0 saturated heterocycles. The first-order valence-electron chi connectivity index (χ1n) is 4.92. The molecule has 0 fully saturated rings. The molecule has 2 aromatic rings. The van der Waals surface area contributed by atoms with Gasteiger partial charge in [0.2, 0.25) is 5.13 Å². The quantitative estimate of drug-likeness (QED) is 0.333. The van der Waals surface area contributed by atoms with Crippen molar-refractivity contribution >= 4 is 61.2 Å². The van der Waals surface area contributed by atoms with Crippen LogP contribution in [0.1, 0.15) is 11.3 Å². The Kier molecular flexibility index (Phi) is 4.68. The van der Waals surface area contributed by atoms with Gasteiger partial charge in [-0.3, -0.25) is 5.43 Å². The highest BCUT2D eigenvalue weighted by Crippen LogP contribution is 2.21. The number of hydrogen-bond donors (Lipinski definition) is 1. The third kappa shape index (κ3) is 3.48. The van der Waals surface area contributed by atoms with Crippen LogP contribution in [0.25, 0.3) is 0 Å². The van der Waals surface area contributed by atoms with Crippen LogP contribution < -0.4 is 5.43 Å². The molecule has 0 radical (unpaired) electrons. The van der Waals surface area contributed by atoms with Crippen LogP contribution >= 0.6 is 49.9 Å². The number of aryl methyl sites for hydroxylation is 1. The van der Waals surface area contributed by atoms with Gasteiger partial charge >= 0.3 is 0 Å². The van der Waals surface area contributed by atoms with Crippen molar-refractivity contribution in [1.82, 2.24) is 4.98 Å². The number of aromatic nitrogens is 1. The number of hydrazone groups is 1. The number of nitrogens with zero attached hydrogens (tertiary/aromatic N) is 2. The topological polar surface area (TPSA) is 37.3 Å². The number of anilines is 1. The second-order valence-corrected chi connectivity index (χ2v) is 6.33. The van der Waals surface area contributed by atoms with E-state index in [0.29, 0.717) is 14.3 Å². The Morgan fingerprint density at radius 1 is 1.56 bits per heavy atom. The smallest absolute Gasteiger partial charge is 0.203 e. The van der Waals surface area contributed by atoms with Gasteiger partial charge in [-0.25, -0.2) is 9.37 Å². The van der Waals surface area contributed by atoms with Crippen LogP contribution in [0, 0.1) is 16.3 Å². The van der Waals surface area contributed by atoms with Crippen molar-refractivity contribution in [3.05, 3.63) is 42.6 Å². The molecule has 1 N–H and O–H groups in total. The highest BCUT2D eigenvalue weighted by Gasteiger charge is 2.04. The summed E-state index contributed by atoms with van der Waals surface area (Å²) < 4.78 is 14.8. The molecule has 0 aliphatic carbocycles. The molecule has 0 atom stereocenters. The number of rotatable bonds is 3. The molecule has 0 unspecified atom stereocenters. The number of hydrogen-bond acceptors (Lipinski definition) is 4. The van der Waals surface area contributed by atoms with Gasteiger partial charge in [-0.2, -0.15) is 5.10 Å². The van der Waals surface area contributed by atoms with E-state index in [4.69, 9.17) is 0 Å². The van der Waals surface area contributed by atoms with Crippen molar-refractivity contribution in [2.24, 2.45) is 5.10 Å². The molecule has 1 aromatic carbocycles. The first-order chi connectivity index (χ1) is 8.56. The maximum atomic E-state index is 13.4. The van der Waals surface area contributed by atoms with Gasteiger partial charge in [0, 0.05) is 19.0 Å². The minimum atomic E-state index is -0.259. The van der Waals surface area contributed by atoms with Crippen LogP contribution in [0.15, 0.2) is 27.1 Å². The van der Waals surface area contributed by atoms with Crippen molar-refractivity contribution in [3.8, 4) is 0 Å². The summed E-state index contributed by atoms with van der Waals surface area (Å²) in [5.74, 6) is -0.259. The Bertz CT molecular complexity index is 600. The van der Waals surface area contributed by atoms with Crippen molar-refractivity contribution < 1.29 is 4.39 Å². The fourth-order valence-electron chi connectivity index (χ4n) is 1.20. The Labute approximate surface area is 130 Å². The van der Waals surface area contributed by atoms with Gasteiger partial charge in [0.1, 0.15) is 5.82 Å². The van der Waals surface area contributed by atoms with E-state index in [0.717, 1.165) is 10.2 Å². The van der Waals surface area contributed by atoms with Crippen molar-refractivity contribution in [2.75, 3.05) is 5.43 Å². The minimum Gasteiger partial charge on any atom is -0.253 e. The van der Waals surface area contributed by atoms with Crippen LogP contribution in [-0.4, -0.2) is 11.2 Å². The molecule has 0 bridgehead atoms. The highest BCUT2D eigenvalue weighted by molar-refractivity contribution is 14.1. The molecule has 94 valence electrons. The molecule has 3 nitrogen and oxygen atoms in total. The van der Waals surface area contributed by atoms with Crippen LogP contribution in [0.3, 0.4) is 0 Å². The molecular weight excluding hydrogens is 432 g/mol. The first-order valence-corrected chi connectivity index (χ1v) is 7.67. The van der Waals surface area contributed by atoms with Crippen molar-refractivity contribution in [2.45, 2.75) is 6.92 Å². The monoisotopic (exact) mass is 439 g/mol. The molecule has 18 heavy (non-hydrogen) atoms. The van der Waals surface area contributed by atoms with E-state index >= 15 is 0 Å². The SMILES string of the molecule is Cc1csc(NN=Cc2cc(F)c(I)cc2Br)n1. The van der Waals surface area contributed by atoms with Gasteiger partial charge in [-0.1, -0.05) is 15.9 Å². The lowest BCUT2D eigenvalue weighted by Gasteiger charge is -2.00. The van der Waals surface area contributed by atoms with E-state index in [1.54, 1.807) is 12.3 Å². The molecule has 1 aromatic heterocycles. The highest BCUT2D eigenvalue weighted by atomic mass is 127. The Balaban J connectivity index is 2.11. The largest absolute Gasteiger partial charge is 0.253 e. The second kappa shape index (κ2) is 6.07. The van der Waals surface area contributed by atoms with Gasteiger partial charge in [0.25, 0.3) is 0 Å². The predicted octanol–water partition coefficient (Wildman–Crippen LogP) is 4.40. The zero-order valence-corrected chi connectivity index (χ0v) is 13.8. The number of halogens is 3. The molecule has 7 heteroatoms. The molecule has 1 heterocycles. The van der Waals surface area contributed by atoms with Crippen LogP contribution in [-0.2, 0) is 0 Å². The second-order valence-electron chi connectivity index (χ2n) is 3.45. The summed E-state index contributed by atoms with van der Waals surface area (Å²) in [7, 11) is 0. The Hall–Kier alpha value is -0.540. The van der Waals surface area contributed by atoms with E-state index in [2.05, 4.69) is 31.4 Å². The van der Waals surface area contributed by atoms with Crippen LogP contribution in [0.4, 0.5) is 9.52 Å². The van der Waals surface area contributed by atoms with E-state index < -0.39 is 0 Å². The number of thiazole rings is 1. The average molecular weight is 440 g/mol. The lowest BCUT2D eigenvalue weighted by Crippen LogP contribution is -1.93. The van der Waals surface area contributed by atoms with Gasteiger partial charge in [0.05, 0.1) is 11.9 Å². The standard InChI is InChI=1S/C11H8BrFIN3S/c1-6-5-18-11(16-6)17-15-4-7-2-9(13)10(14)3-8(7)12/h2-5H,1H3,(H,16,17). The zero-order chi connectivity index (χ0) is 13.1. The summed E-state index contributed by atoms with van der Waals surface area (Å²) in [4.78, 5) is 4.20. The fraction of sp³-hybridized carbons (Fsp3) is 0.0909. The van der Waals surface area contributed by atoms with Crippen LogP contribution in [0.5, 0.6) is 0 Å². The van der Waals surface area contributed by atoms with E-state index in [1.165, 1.54) is 17.4 Å². The lowest BCUT2D eigenvalue weighted by molar-refractivity contribution is 0.620. The minimum absolute atomic E-state index is 0.259. The Morgan fingerprint density at radius 3 is 3.00 bits per heavy atom. The zero-order valence-electron chi connectivity index (χ0n) is 9.25. The summed E-state index contributed by atoms with van der Waals surface area (Å²) in [6.45, 7) is 1.91. The maximum Gasteiger partial charge on any atom is 0.203 e. The first kappa shape index (κ1) is 13.9. The van der Waals surface area contributed by atoms with E-state index in [9.17, 15) is 4.39 Å². The summed E-state index contributed by atoms with van der Waals surface area (Å²) in [6.07, 6.45) is 1.56. The summed E-state index contributed by atoms with van der Waals surface area (Å²) in [5.41, 5.74) is 4.43. The van der Waals surface area contributed by atoms with E-state index in [1.807, 2.05) is 34.9 Å². The molecule has 0 spiro atoms. The number of benzene rings is 1. The predicted molar refractivity (Wildman–Crippen MR) is 84.9 cm³/mol. The third-order valence-electron chi connectivity index (χ3n) is 2.02. The molecule has 0 aliphatic heterocycles. The van der Waals surface area contributed by atoms with Crippen molar-refractivity contribution in [3.63, 3.8) is 0 Å². The normalized spacial score (nSPS) is 11.1.